The molecule has 0 aliphatic carbocycles. The van der Waals surface area contributed by atoms with Crippen LogP contribution in [0.15, 0.2) is 78.4 Å². The number of anilines is 1. The van der Waals surface area contributed by atoms with Crippen LogP contribution in [0, 0.1) is 12.7 Å². The molecule has 1 atom stereocenters. The van der Waals surface area contributed by atoms with Crippen LogP contribution in [0.4, 0.5) is 10.1 Å². The van der Waals surface area contributed by atoms with E-state index in [0.29, 0.717) is 22.6 Å². The van der Waals surface area contributed by atoms with E-state index in [1.54, 1.807) is 42.5 Å². The molecule has 5 nitrogen and oxygen atoms in total. The quantitative estimate of drug-likeness (QED) is 0.377. The summed E-state index contributed by atoms with van der Waals surface area (Å²) in [6.07, 6.45) is 0. The van der Waals surface area contributed by atoms with Crippen molar-refractivity contribution in [3.8, 4) is 5.75 Å². The normalized spacial score (nSPS) is 17.8. The molecule has 6 heteroatoms. The lowest BCUT2D eigenvalue weighted by atomic mass is 9.95. The third kappa shape index (κ3) is 3.68. The number of hydrogen-bond donors (Lipinski definition) is 1. The monoisotopic (exact) mass is 417 g/mol. The summed E-state index contributed by atoms with van der Waals surface area (Å²) in [4.78, 5) is 27.5. The molecule has 0 bridgehead atoms. The third-order valence-electron chi connectivity index (χ3n) is 5.25. The van der Waals surface area contributed by atoms with Crippen LogP contribution in [0.1, 0.15) is 22.7 Å². The number of hydrogen-bond acceptors (Lipinski definition) is 4. The van der Waals surface area contributed by atoms with Crippen molar-refractivity contribution >= 4 is 23.1 Å². The molecule has 1 unspecified atom stereocenters. The Labute approximate surface area is 179 Å². The van der Waals surface area contributed by atoms with E-state index in [1.165, 1.54) is 36.3 Å². The van der Waals surface area contributed by atoms with Gasteiger partial charge in [-0.15, -0.1) is 0 Å². The van der Waals surface area contributed by atoms with Crippen LogP contribution in [0.3, 0.4) is 0 Å². The number of methoxy groups -OCH3 is 1. The van der Waals surface area contributed by atoms with Gasteiger partial charge in [-0.2, -0.15) is 0 Å². The second-order valence-corrected chi connectivity index (χ2v) is 7.29. The summed E-state index contributed by atoms with van der Waals surface area (Å²) in [5, 5.41) is 11.1. The number of carbonyl (C=O) groups is 2. The lowest BCUT2D eigenvalue weighted by Crippen LogP contribution is -2.29. The maximum Gasteiger partial charge on any atom is 0.300 e. The number of halogens is 1. The Morgan fingerprint density at radius 1 is 1.00 bits per heavy atom. The van der Waals surface area contributed by atoms with E-state index in [0.717, 1.165) is 5.56 Å². The lowest BCUT2D eigenvalue weighted by Gasteiger charge is -2.25. The highest BCUT2D eigenvalue weighted by atomic mass is 19.1. The lowest BCUT2D eigenvalue weighted by molar-refractivity contribution is -0.132. The number of aliphatic hydroxyl groups is 1. The molecule has 156 valence electrons. The van der Waals surface area contributed by atoms with Gasteiger partial charge >= 0.3 is 0 Å². The molecule has 1 saturated heterocycles. The highest BCUT2D eigenvalue weighted by Crippen LogP contribution is 2.42. The first-order valence-electron chi connectivity index (χ1n) is 9.68. The summed E-state index contributed by atoms with van der Waals surface area (Å²) in [6.45, 7) is 1.88. The van der Waals surface area contributed by atoms with Crippen molar-refractivity contribution < 1.29 is 23.8 Å². The number of ether oxygens (including phenoxy) is 1. The van der Waals surface area contributed by atoms with Gasteiger partial charge in [0, 0.05) is 11.3 Å². The van der Waals surface area contributed by atoms with E-state index < -0.39 is 23.5 Å². The van der Waals surface area contributed by atoms with Gasteiger partial charge in [0.05, 0.1) is 18.7 Å². The van der Waals surface area contributed by atoms with Crippen molar-refractivity contribution in [2.45, 2.75) is 13.0 Å². The number of aryl methyl sites for hydroxylation is 1. The third-order valence-corrected chi connectivity index (χ3v) is 5.25. The van der Waals surface area contributed by atoms with Gasteiger partial charge in [0.25, 0.3) is 11.7 Å². The Bertz CT molecular complexity index is 1200. The zero-order valence-electron chi connectivity index (χ0n) is 17.0. The van der Waals surface area contributed by atoms with Crippen molar-refractivity contribution in [2.24, 2.45) is 0 Å². The van der Waals surface area contributed by atoms with E-state index in [2.05, 4.69) is 0 Å². The molecule has 3 aromatic carbocycles. The standard InChI is InChI=1S/C25H20FNO4/c1-15-5-3-7-19(13-15)27-22(16-9-11-18(26)12-10-16)21(24(29)25(27)30)23(28)17-6-4-8-20(14-17)31-2/h3-14,22,28H,1-2H3/b23-21+. The molecule has 1 heterocycles. The topological polar surface area (TPSA) is 66.8 Å². The Kier molecular flexibility index (Phi) is 5.29. The van der Waals surface area contributed by atoms with E-state index >= 15 is 0 Å². The predicted octanol–water partition coefficient (Wildman–Crippen LogP) is 4.77. The SMILES string of the molecule is COc1cccc(/C(O)=C2\C(=O)C(=O)N(c3cccc(C)c3)C2c2ccc(F)cc2)c1. The molecular formula is C25H20FNO4. The van der Waals surface area contributed by atoms with Gasteiger partial charge in [0.2, 0.25) is 0 Å². The first kappa shape index (κ1) is 20.3. The zero-order valence-corrected chi connectivity index (χ0v) is 17.0. The van der Waals surface area contributed by atoms with E-state index in [1.807, 2.05) is 13.0 Å². The van der Waals surface area contributed by atoms with Gasteiger partial charge in [-0.1, -0.05) is 36.4 Å². The molecule has 3 aromatic rings. The van der Waals surface area contributed by atoms with Crippen molar-refractivity contribution in [3.05, 3.63) is 101 Å². The summed E-state index contributed by atoms with van der Waals surface area (Å²) >= 11 is 0. The highest BCUT2D eigenvalue weighted by Gasteiger charge is 2.47. The number of rotatable bonds is 4. The second-order valence-electron chi connectivity index (χ2n) is 7.29. The number of amides is 1. The summed E-state index contributed by atoms with van der Waals surface area (Å²) in [7, 11) is 1.49. The van der Waals surface area contributed by atoms with Crippen LogP contribution in [0.2, 0.25) is 0 Å². The molecule has 1 N–H and O–H groups in total. The van der Waals surface area contributed by atoms with Crippen LogP contribution < -0.4 is 9.64 Å². The van der Waals surface area contributed by atoms with Crippen molar-refractivity contribution in [2.75, 3.05) is 12.0 Å². The van der Waals surface area contributed by atoms with Gasteiger partial charge in [0.15, 0.2) is 0 Å². The van der Waals surface area contributed by atoms with Crippen LogP contribution in [0.5, 0.6) is 5.75 Å². The Morgan fingerprint density at radius 2 is 1.71 bits per heavy atom. The van der Waals surface area contributed by atoms with Gasteiger partial charge in [-0.3, -0.25) is 14.5 Å². The van der Waals surface area contributed by atoms with E-state index in [9.17, 15) is 19.1 Å². The Hall–Kier alpha value is -3.93. The number of Topliss-reactive ketones (excluding diaryl/α,β-unsaturated/α-hetero) is 1. The smallest absolute Gasteiger partial charge is 0.300 e. The molecule has 0 radical (unpaired) electrons. The summed E-state index contributed by atoms with van der Waals surface area (Å²) in [6, 6.07) is 18.4. The van der Waals surface area contributed by atoms with Crippen LogP contribution in [0.25, 0.3) is 5.76 Å². The minimum Gasteiger partial charge on any atom is -0.507 e. The fourth-order valence-electron chi connectivity index (χ4n) is 3.76. The molecule has 0 saturated carbocycles. The molecule has 1 amide bonds. The average molecular weight is 417 g/mol. The van der Waals surface area contributed by atoms with Gasteiger partial charge in [-0.05, 0) is 54.4 Å². The van der Waals surface area contributed by atoms with E-state index in [-0.39, 0.29) is 11.3 Å². The maximum atomic E-state index is 13.6. The van der Waals surface area contributed by atoms with Crippen molar-refractivity contribution in [1.29, 1.82) is 0 Å². The van der Waals surface area contributed by atoms with Crippen molar-refractivity contribution in [1.82, 2.24) is 0 Å². The second kappa shape index (κ2) is 8.07. The molecule has 1 aliphatic rings. The van der Waals surface area contributed by atoms with Crippen molar-refractivity contribution in [3.63, 3.8) is 0 Å². The molecule has 0 spiro atoms. The summed E-state index contributed by atoms with van der Waals surface area (Å²) in [5.41, 5.74) is 2.21. The molecule has 4 rings (SSSR count). The van der Waals surface area contributed by atoms with Gasteiger partial charge in [0.1, 0.15) is 17.3 Å². The Morgan fingerprint density at radius 3 is 2.39 bits per heavy atom. The van der Waals surface area contributed by atoms with Crippen LogP contribution >= 0.6 is 0 Å². The van der Waals surface area contributed by atoms with Gasteiger partial charge in [-0.25, -0.2) is 4.39 Å². The largest absolute Gasteiger partial charge is 0.507 e. The molecule has 31 heavy (non-hydrogen) atoms. The zero-order chi connectivity index (χ0) is 22.1. The number of aliphatic hydroxyl groups excluding tert-OH is 1. The minimum absolute atomic E-state index is 0.0635. The first-order chi connectivity index (χ1) is 14.9. The first-order valence-corrected chi connectivity index (χ1v) is 9.68. The molecular weight excluding hydrogens is 397 g/mol. The van der Waals surface area contributed by atoms with E-state index in [4.69, 9.17) is 4.74 Å². The summed E-state index contributed by atoms with van der Waals surface area (Å²) < 4.78 is 18.8. The Balaban J connectivity index is 1.95. The highest BCUT2D eigenvalue weighted by molar-refractivity contribution is 6.51. The van der Waals surface area contributed by atoms with Gasteiger partial charge < -0.3 is 9.84 Å². The predicted molar refractivity (Wildman–Crippen MR) is 115 cm³/mol. The number of nitrogens with zero attached hydrogens (tertiary/aromatic N) is 1. The van der Waals surface area contributed by atoms with Crippen LogP contribution in [-0.2, 0) is 9.59 Å². The summed E-state index contributed by atoms with van der Waals surface area (Å²) in [5.74, 6) is -1.83. The maximum absolute atomic E-state index is 13.6. The fraction of sp³-hybridized carbons (Fsp3) is 0.120. The molecule has 0 aromatic heterocycles. The molecule has 1 aliphatic heterocycles. The number of ketones is 1. The average Bonchev–Trinajstić information content (AvgIpc) is 3.04. The van der Waals surface area contributed by atoms with Crippen LogP contribution in [-0.4, -0.2) is 23.9 Å². The number of benzene rings is 3. The minimum atomic E-state index is -0.909. The molecule has 1 fully saturated rings. The number of carbonyl (C=O) groups excluding carboxylic acids is 2. The fourth-order valence-corrected chi connectivity index (χ4v) is 3.76.